The fourth-order valence-electron chi connectivity index (χ4n) is 2.36. The molecule has 0 saturated carbocycles. The van der Waals surface area contributed by atoms with Crippen molar-refractivity contribution in [1.29, 1.82) is 0 Å². The molecule has 18 heavy (non-hydrogen) atoms. The molecule has 0 spiro atoms. The summed E-state index contributed by atoms with van der Waals surface area (Å²) in [5.41, 5.74) is 9.78. The summed E-state index contributed by atoms with van der Waals surface area (Å²) in [6.45, 7) is 7.64. The van der Waals surface area contributed by atoms with Gasteiger partial charge < -0.3 is 5.73 Å². The van der Waals surface area contributed by atoms with Crippen molar-refractivity contribution < 1.29 is 0 Å². The molecule has 98 valence electrons. The van der Waals surface area contributed by atoms with Gasteiger partial charge in [-0.15, -0.1) is 0 Å². The molecule has 1 aromatic carbocycles. The van der Waals surface area contributed by atoms with E-state index in [0.717, 1.165) is 48.2 Å². The molecule has 0 fully saturated rings. The summed E-state index contributed by atoms with van der Waals surface area (Å²) in [7, 11) is 0. The van der Waals surface area contributed by atoms with Crippen LogP contribution in [0.2, 0.25) is 0 Å². The topological polar surface area (TPSA) is 53.0 Å². The van der Waals surface area contributed by atoms with Crippen molar-refractivity contribution in [2.24, 2.45) is 0 Å². The Morgan fingerprint density at radius 3 is 2.06 bits per heavy atom. The molecule has 0 unspecified atom stereocenters. The van der Waals surface area contributed by atoms with Crippen molar-refractivity contribution in [1.82, 2.24) is 9.13 Å². The molecular weight excluding hydrogens is 226 g/mol. The van der Waals surface area contributed by atoms with Gasteiger partial charge >= 0.3 is 5.69 Å². The van der Waals surface area contributed by atoms with E-state index in [-0.39, 0.29) is 5.69 Å². The Morgan fingerprint density at radius 1 is 1.06 bits per heavy atom. The quantitative estimate of drug-likeness (QED) is 0.844. The Bertz CT molecular complexity index is 570. The molecule has 2 N–H and O–H groups in total. The molecule has 0 aliphatic carbocycles. The summed E-state index contributed by atoms with van der Waals surface area (Å²) < 4.78 is 3.69. The summed E-state index contributed by atoms with van der Waals surface area (Å²) in [6, 6.07) is 3.95. The highest BCUT2D eigenvalue weighted by atomic mass is 16.1. The van der Waals surface area contributed by atoms with Gasteiger partial charge in [0.15, 0.2) is 0 Å². The van der Waals surface area contributed by atoms with Gasteiger partial charge in [0.25, 0.3) is 0 Å². The maximum Gasteiger partial charge on any atom is 0.329 e. The first-order chi connectivity index (χ1) is 8.60. The lowest BCUT2D eigenvalue weighted by atomic mass is 10.2. The summed E-state index contributed by atoms with van der Waals surface area (Å²) in [4.78, 5) is 12.4. The summed E-state index contributed by atoms with van der Waals surface area (Å²) in [5.74, 6) is 0. The van der Waals surface area contributed by atoms with Crippen LogP contribution in [-0.4, -0.2) is 9.13 Å². The molecule has 0 amide bonds. The minimum absolute atomic E-state index is 0.0821. The summed E-state index contributed by atoms with van der Waals surface area (Å²) in [5, 5.41) is 0. The number of rotatable bonds is 4. The minimum atomic E-state index is 0.0821. The number of anilines is 1. The van der Waals surface area contributed by atoms with Crippen LogP contribution in [0.1, 0.15) is 32.3 Å². The Balaban J connectivity index is 2.79. The van der Waals surface area contributed by atoms with Crippen LogP contribution >= 0.6 is 0 Å². The molecule has 1 heterocycles. The van der Waals surface area contributed by atoms with E-state index in [2.05, 4.69) is 13.8 Å². The van der Waals surface area contributed by atoms with Crippen LogP contribution in [0.4, 0.5) is 5.69 Å². The summed E-state index contributed by atoms with van der Waals surface area (Å²) in [6.07, 6.45) is 1.90. The number of imidazole rings is 1. The fraction of sp³-hybridized carbons (Fsp3) is 0.500. The lowest BCUT2D eigenvalue weighted by Gasteiger charge is -2.04. The van der Waals surface area contributed by atoms with Crippen molar-refractivity contribution >= 4 is 16.7 Å². The van der Waals surface area contributed by atoms with Crippen LogP contribution in [0.15, 0.2) is 16.9 Å². The van der Waals surface area contributed by atoms with E-state index in [9.17, 15) is 4.79 Å². The molecule has 2 rings (SSSR count). The number of hydrogen-bond acceptors (Lipinski definition) is 2. The molecule has 0 bridgehead atoms. The van der Waals surface area contributed by atoms with Gasteiger partial charge in [0.1, 0.15) is 0 Å². The van der Waals surface area contributed by atoms with Gasteiger partial charge in [0, 0.05) is 18.8 Å². The second-order valence-electron chi connectivity index (χ2n) is 4.78. The Hall–Kier alpha value is -1.71. The smallest absolute Gasteiger partial charge is 0.329 e. The second-order valence-corrected chi connectivity index (χ2v) is 4.78. The van der Waals surface area contributed by atoms with E-state index in [1.54, 1.807) is 0 Å². The van der Waals surface area contributed by atoms with Crippen LogP contribution in [0.3, 0.4) is 0 Å². The maximum atomic E-state index is 12.4. The molecular formula is C14H21N3O. The van der Waals surface area contributed by atoms with E-state index in [1.165, 1.54) is 0 Å². The minimum Gasteiger partial charge on any atom is -0.398 e. The largest absolute Gasteiger partial charge is 0.398 e. The zero-order valence-electron chi connectivity index (χ0n) is 11.4. The lowest BCUT2D eigenvalue weighted by Crippen LogP contribution is -2.24. The van der Waals surface area contributed by atoms with Crippen LogP contribution in [0.25, 0.3) is 11.0 Å². The number of hydrogen-bond donors (Lipinski definition) is 1. The predicted molar refractivity (Wildman–Crippen MR) is 75.9 cm³/mol. The van der Waals surface area contributed by atoms with E-state index >= 15 is 0 Å². The third-order valence-corrected chi connectivity index (χ3v) is 3.30. The maximum absolute atomic E-state index is 12.4. The van der Waals surface area contributed by atoms with Gasteiger partial charge in [-0.2, -0.15) is 0 Å². The van der Waals surface area contributed by atoms with Gasteiger partial charge in [-0.1, -0.05) is 13.8 Å². The van der Waals surface area contributed by atoms with Crippen molar-refractivity contribution in [3.05, 3.63) is 28.2 Å². The molecule has 0 radical (unpaired) electrons. The van der Waals surface area contributed by atoms with Gasteiger partial charge in [0.2, 0.25) is 0 Å². The van der Waals surface area contributed by atoms with E-state index in [0.29, 0.717) is 0 Å². The van der Waals surface area contributed by atoms with E-state index in [1.807, 2.05) is 28.2 Å². The first-order valence-corrected chi connectivity index (χ1v) is 6.59. The average molecular weight is 247 g/mol. The number of fused-ring (bicyclic) bond motifs is 1. The standard InChI is InChI=1S/C14H21N3O/c1-4-6-16-12-8-10(3)11(15)9-13(12)17(7-5-2)14(16)18/h8-9H,4-7,15H2,1-3H3. The fourth-order valence-corrected chi connectivity index (χ4v) is 2.36. The lowest BCUT2D eigenvalue weighted by molar-refractivity contribution is 0.607. The number of nitrogens with zero attached hydrogens (tertiary/aromatic N) is 2. The zero-order valence-corrected chi connectivity index (χ0v) is 11.4. The molecule has 4 heteroatoms. The molecule has 0 atom stereocenters. The third kappa shape index (κ3) is 1.92. The van der Waals surface area contributed by atoms with Crippen LogP contribution < -0.4 is 11.4 Å². The monoisotopic (exact) mass is 247 g/mol. The first-order valence-electron chi connectivity index (χ1n) is 6.59. The Morgan fingerprint density at radius 2 is 1.56 bits per heavy atom. The molecule has 2 aromatic rings. The van der Waals surface area contributed by atoms with Gasteiger partial charge in [0.05, 0.1) is 11.0 Å². The van der Waals surface area contributed by atoms with Crippen LogP contribution in [0, 0.1) is 6.92 Å². The average Bonchev–Trinajstić information content (AvgIpc) is 2.57. The normalized spacial score (nSPS) is 11.3. The number of nitrogens with two attached hydrogens (primary N) is 1. The molecule has 4 nitrogen and oxygen atoms in total. The van der Waals surface area contributed by atoms with Gasteiger partial charge in [-0.05, 0) is 37.5 Å². The zero-order chi connectivity index (χ0) is 13.3. The van der Waals surface area contributed by atoms with Crippen LogP contribution in [0.5, 0.6) is 0 Å². The van der Waals surface area contributed by atoms with Crippen molar-refractivity contribution in [2.75, 3.05) is 5.73 Å². The third-order valence-electron chi connectivity index (χ3n) is 3.30. The highest BCUT2D eigenvalue weighted by Crippen LogP contribution is 2.21. The van der Waals surface area contributed by atoms with Gasteiger partial charge in [-0.3, -0.25) is 9.13 Å². The Kier molecular flexibility index (Phi) is 3.45. The SMILES string of the molecule is CCCn1c(=O)n(CCC)c2cc(N)c(C)cc21. The Labute approximate surface area is 107 Å². The van der Waals surface area contributed by atoms with Crippen molar-refractivity contribution in [2.45, 2.75) is 46.7 Å². The summed E-state index contributed by atoms with van der Waals surface area (Å²) >= 11 is 0. The number of nitrogen functional groups attached to an aromatic ring is 1. The highest BCUT2D eigenvalue weighted by Gasteiger charge is 2.13. The number of aryl methyl sites for hydroxylation is 3. The first kappa shape index (κ1) is 12.7. The molecule has 0 aliphatic rings. The second kappa shape index (κ2) is 4.88. The number of benzene rings is 1. The van der Waals surface area contributed by atoms with Gasteiger partial charge in [-0.25, -0.2) is 4.79 Å². The predicted octanol–water partition coefficient (Wildman–Crippen LogP) is 2.51. The van der Waals surface area contributed by atoms with Crippen molar-refractivity contribution in [3.63, 3.8) is 0 Å². The van der Waals surface area contributed by atoms with Crippen molar-refractivity contribution in [3.8, 4) is 0 Å². The highest BCUT2D eigenvalue weighted by molar-refractivity contribution is 5.81. The molecule has 1 aromatic heterocycles. The number of aromatic nitrogens is 2. The molecule has 0 saturated heterocycles. The molecule has 0 aliphatic heterocycles. The van der Waals surface area contributed by atoms with Crippen LogP contribution in [-0.2, 0) is 13.1 Å². The van der Waals surface area contributed by atoms with E-state index in [4.69, 9.17) is 5.73 Å². The van der Waals surface area contributed by atoms with E-state index < -0.39 is 0 Å².